The van der Waals surface area contributed by atoms with Crippen LogP contribution in [0, 0.1) is 0 Å². The lowest BCUT2D eigenvalue weighted by molar-refractivity contribution is -0.131. The number of nitrogens with zero attached hydrogens (tertiary/aromatic N) is 2. The highest BCUT2D eigenvalue weighted by molar-refractivity contribution is 5.91. The molecule has 1 saturated carbocycles. The predicted molar refractivity (Wildman–Crippen MR) is 75.8 cm³/mol. The van der Waals surface area contributed by atoms with Crippen molar-refractivity contribution in [1.82, 2.24) is 15.1 Å². The number of carbonyl (C=O) groups excluding carboxylic acids is 1. The van der Waals surface area contributed by atoms with Gasteiger partial charge in [-0.15, -0.1) is 0 Å². The molecule has 2 heterocycles. The average molecular weight is 265 g/mol. The van der Waals surface area contributed by atoms with Crippen LogP contribution in [0.3, 0.4) is 0 Å². The van der Waals surface area contributed by atoms with Gasteiger partial charge in [0.2, 0.25) is 5.91 Å². The van der Waals surface area contributed by atoms with Crippen LogP contribution >= 0.6 is 0 Å². The molecule has 1 N–H and O–H groups in total. The summed E-state index contributed by atoms with van der Waals surface area (Å²) in [4.78, 5) is 17.2. The molecule has 4 heteroatoms. The summed E-state index contributed by atoms with van der Waals surface area (Å²) in [5.74, 6) is 0.364. The Morgan fingerprint density at radius 2 is 2.00 bits per heavy atom. The van der Waals surface area contributed by atoms with Gasteiger partial charge in [0.05, 0.1) is 11.7 Å². The van der Waals surface area contributed by atoms with E-state index in [2.05, 4.69) is 29.0 Å². The quantitative estimate of drug-likeness (QED) is 0.838. The SMILES string of the molecule is CCC1NC2(CC2)C(=O)N1CC(C)N1CCCCC1. The topological polar surface area (TPSA) is 35.6 Å². The fraction of sp³-hybridized carbons (Fsp3) is 0.933. The predicted octanol–water partition coefficient (Wildman–Crippen LogP) is 1.56. The Kier molecular flexibility index (Phi) is 3.56. The summed E-state index contributed by atoms with van der Waals surface area (Å²) in [5.41, 5.74) is -0.151. The highest BCUT2D eigenvalue weighted by Gasteiger charge is 2.58. The highest BCUT2D eigenvalue weighted by Crippen LogP contribution is 2.42. The lowest BCUT2D eigenvalue weighted by atomic mass is 10.1. The number of likely N-dealkylation sites (tertiary alicyclic amines) is 1. The van der Waals surface area contributed by atoms with Crippen molar-refractivity contribution in [3.8, 4) is 0 Å². The lowest BCUT2D eigenvalue weighted by Gasteiger charge is -2.36. The summed E-state index contributed by atoms with van der Waals surface area (Å²) in [7, 11) is 0. The summed E-state index contributed by atoms with van der Waals surface area (Å²) in [6, 6.07) is 0.494. The smallest absolute Gasteiger partial charge is 0.244 e. The first-order chi connectivity index (χ1) is 9.16. The Bertz CT molecular complexity index is 347. The van der Waals surface area contributed by atoms with Crippen molar-refractivity contribution < 1.29 is 4.79 Å². The normalized spacial score (nSPS) is 32.0. The van der Waals surface area contributed by atoms with Crippen LogP contribution in [0.2, 0.25) is 0 Å². The number of rotatable bonds is 4. The van der Waals surface area contributed by atoms with Gasteiger partial charge in [-0.2, -0.15) is 0 Å². The number of hydrogen-bond donors (Lipinski definition) is 1. The van der Waals surface area contributed by atoms with E-state index in [9.17, 15) is 4.79 Å². The zero-order chi connectivity index (χ0) is 13.5. The first kappa shape index (κ1) is 13.4. The average Bonchev–Trinajstić information content (AvgIpc) is 3.18. The van der Waals surface area contributed by atoms with Crippen molar-refractivity contribution in [2.45, 2.75) is 70.1 Å². The van der Waals surface area contributed by atoms with E-state index in [1.165, 1.54) is 32.4 Å². The molecule has 3 aliphatic rings. The third kappa shape index (κ3) is 2.40. The van der Waals surface area contributed by atoms with Gasteiger partial charge >= 0.3 is 0 Å². The van der Waals surface area contributed by atoms with Crippen LogP contribution in [0.5, 0.6) is 0 Å². The minimum Gasteiger partial charge on any atom is -0.324 e. The van der Waals surface area contributed by atoms with Gasteiger partial charge in [0.1, 0.15) is 0 Å². The first-order valence-corrected chi connectivity index (χ1v) is 7.99. The number of nitrogens with one attached hydrogen (secondary N) is 1. The lowest BCUT2D eigenvalue weighted by Crippen LogP contribution is -2.48. The van der Waals surface area contributed by atoms with Crippen LogP contribution < -0.4 is 5.32 Å². The van der Waals surface area contributed by atoms with E-state index < -0.39 is 0 Å². The highest BCUT2D eigenvalue weighted by atomic mass is 16.2. The monoisotopic (exact) mass is 265 g/mol. The molecule has 19 heavy (non-hydrogen) atoms. The summed E-state index contributed by atoms with van der Waals surface area (Å²) in [6.07, 6.45) is 7.36. The molecule has 2 atom stereocenters. The van der Waals surface area contributed by atoms with Gasteiger partial charge in [-0.25, -0.2) is 0 Å². The second-order valence-electron chi connectivity index (χ2n) is 6.55. The fourth-order valence-corrected chi connectivity index (χ4v) is 3.65. The molecule has 0 bridgehead atoms. The zero-order valence-corrected chi connectivity index (χ0v) is 12.3. The third-order valence-electron chi connectivity index (χ3n) is 5.10. The summed E-state index contributed by atoms with van der Waals surface area (Å²) in [5, 5.41) is 3.56. The largest absolute Gasteiger partial charge is 0.324 e. The van der Waals surface area contributed by atoms with Crippen molar-refractivity contribution >= 4 is 5.91 Å². The van der Waals surface area contributed by atoms with Gasteiger partial charge < -0.3 is 4.90 Å². The Hall–Kier alpha value is -0.610. The van der Waals surface area contributed by atoms with E-state index in [4.69, 9.17) is 0 Å². The molecule has 2 unspecified atom stereocenters. The summed E-state index contributed by atoms with van der Waals surface area (Å²) >= 11 is 0. The number of carbonyl (C=O) groups is 1. The second-order valence-corrected chi connectivity index (χ2v) is 6.55. The van der Waals surface area contributed by atoms with Crippen molar-refractivity contribution in [1.29, 1.82) is 0 Å². The van der Waals surface area contributed by atoms with Crippen LogP contribution in [0.15, 0.2) is 0 Å². The van der Waals surface area contributed by atoms with Gasteiger partial charge in [0.25, 0.3) is 0 Å². The molecule has 0 aromatic heterocycles. The Labute approximate surface area is 116 Å². The first-order valence-electron chi connectivity index (χ1n) is 7.99. The Balaban J connectivity index is 1.62. The van der Waals surface area contributed by atoms with Gasteiger partial charge in [-0.05, 0) is 52.1 Å². The Morgan fingerprint density at radius 1 is 1.32 bits per heavy atom. The minimum absolute atomic E-state index is 0.151. The van der Waals surface area contributed by atoms with Crippen molar-refractivity contribution in [3.63, 3.8) is 0 Å². The molecule has 4 nitrogen and oxygen atoms in total. The molecule has 0 aromatic rings. The maximum atomic E-state index is 12.5. The van der Waals surface area contributed by atoms with Crippen molar-refractivity contribution in [2.75, 3.05) is 19.6 Å². The molecular formula is C15H27N3O. The number of amides is 1. The molecule has 2 aliphatic heterocycles. The van der Waals surface area contributed by atoms with Gasteiger partial charge in [-0.3, -0.25) is 15.0 Å². The molecule has 3 rings (SSSR count). The molecule has 2 saturated heterocycles. The molecule has 1 aliphatic carbocycles. The standard InChI is InChI=1S/C15H27N3O/c1-3-13-16-15(7-8-15)14(19)18(13)11-12(2)17-9-5-4-6-10-17/h12-13,16H,3-11H2,1-2H3. The molecule has 1 amide bonds. The van der Waals surface area contributed by atoms with Gasteiger partial charge in [0.15, 0.2) is 0 Å². The van der Waals surface area contributed by atoms with Crippen LogP contribution in [-0.2, 0) is 4.79 Å². The molecular weight excluding hydrogens is 238 g/mol. The van der Waals surface area contributed by atoms with Crippen LogP contribution in [0.4, 0.5) is 0 Å². The van der Waals surface area contributed by atoms with E-state index in [1.807, 2.05) is 0 Å². The minimum atomic E-state index is -0.151. The van der Waals surface area contributed by atoms with Crippen molar-refractivity contribution in [3.05, 3.63) is 0 Å². The van der Waals surface area contributed by atoms with E-state index in [0.717, 1.165) is 25.8 Å². The van der Waals surface area contributed by atoms with E-state index in [-0.39, 0.29) is 11.7 Å². The van der Waals surface area contributed by atoms with E-state index in [0.29, 0.717) is 11.9 Å². The second kappa shape index (κ2) is 5.06. The van der Waals surface area contributed by atoms with E-state index in [1.54, 1.807) is 0 Å². The maximum Gasteiger partial charge on any atom is 0.244 e. The molecule has 3 fully saturated rings. The van der Waals surface area contributed by atoms with Gasteiger partial charge in [-0.1, -0.05) is 13.3 Å². The van der Waals surface area contributed by atoms with E-state index >= 15 is 0 Å². The third-order valence-corrected chi connectivity index (χ3v) is 5.10. The van der Waals surface area contributed by atoms with Crippen LogP contribution in [0.1, 0.15) is 52.4 Å². The fourth-order valence-electron chi connectivity index (χ4n) is 3.65. The number of piperidine rings is 1. The van der Waals surface area contributed by atoms with Crippen molar-refractivity contribution in [2.24, 2.45) is 0 Å². The van der Waals surface area contributed by atoms with Gasteiger partial charge in [0, 0.05) is 12.6 Å². The molecule has 108 valence electrons. The maximum absolute atomic E-state index is 12.5. The van der Waals surface area contributed by atoms with Crippen LogP contribution in [-0.4, -0.2) is 53.1 Å². The number of hydrogen-bond acceptors (Lipinski definition) is 3. The summed E-state index contributed by atoms with van der Waals surface area (Å²) in [6.45, 7) is 7.76. The molecule has 0 aromatic carbocycles. The molecule has 0 radical (unpaired) electrons. The zero-order valence-electron chi connectivity index (χ0n) is 12.3. The van der Waals surface area contributed by atoms with Crippen LogP contribution in [0.25, 0.3) is 0 Å². The summed E-state index contributed by atoms with van der Waals surface area (Å²) < 4.78 is 0. The molecule has 1 spiro atoms. The Morgan fingerprint density at radius 3 is 2.58 bits per heavy atom.